The Bertz CT molecular complexity index is 1100. The number of benzene rings is 2. The number of fused-ring (bicyclic) bond motifs is 1. The predicted octanol–water partition coefficient (Wildman–Crippen LogP) is 3.40. The number of amides is 1. The first kappa shape index (κ1) is 21.2. The van der Waals surface area contributed by atoms with Crippen LogP contribution in [-0.4, -0.2) is 33.4 Å². The average Bonchev–Trinajstić information content (AvgIpc) is 3.05. The topological polar surface area (TPSA) is 67.2 Å². The number of nitrogens with one attached hydrogen (secondary N) is 1. The Kier molecular flexibility index (Phi) is 6.77. The summed E-state index contributed by atoms with van der Waals surface area (Å²) < 4.78 is 1.43. The van der Waals surface area contributed by atoms with Crippen LogP contribution >= 0.6 is 0 Å². The summed E-state index contributed by atoms with van der Waals surface area (Å²) in [6.45, 7) is 5.52. The van der Waals surface area contributed by atoms with Crippen molar-refractivity contribution in [2.45, 2.75) is 52.2 Å². The fraction of sp³-hybridized carbons (Fsp3) is 0.400. The van der Waals surface area contributed by atoms with Crippen LogP contribution in [-0.2, 0) is 24.4 Å². The molecule has 2 heterocycles. The molecule has 162 valence electrons. The molecule has 1 aliphatic rings. The summed E-state index contributed by atoms with van der Waals surface area (Å²) >= 11 is 0. The van der Waals surface area contributed by atoms with Gasteiger partial charge in [-0.2, -0.15) is 0 Å². The number of hydrogen-bond donors (Lipinski definition) is 1. The summed E-state index contributed by atoms with van der Waals surface area (Å²) in [4.78, 5) is 32.2. The first-order chi connectivity index (χ1) is 15.1. The molecule has 4 rings (SSSR count). The van der Waals surface area contributed by atoms with E-state index in [-0.39, 0.29) is 18.0 Å². The molecule has 1 amide bonds. The highest BCUT2D eigenvalue weighted by Crippen LogP contribution is 2.14. The second kappa shape index (κ2) is 9.88. The molecule has 2 aromatic carbocycles. The van der Waals surface area contributed by atoms with Crippen LogP contribution in [0, 0.1) is 6.92 Å². The van der Waals surface area contributed by atoms with Crippen LogP contribution in [0.25, 0.3) is 10.9 Å². The summed E-state index contributed by atoms with van der Waals surface area (Å²) in [5, 5.41) is 3.45. The Morgan fingerprint density at radius 1 is 0.968 bits per heavy atom. The summed E-state index contributed by atoms with van der Waals surface area (Å²) in [6, 6.07) is 15.6. The fourth-order valence-electron chi connectivity index (χ4n) is 4.18. The molecule has 0 aliphatic carbocycles. The van der Waals surface area contributed by atoms with Crippen LogP contribution in [0.3, 0.4) is 0 Å². The molecule has 1 aromatic heterocycles. The van der Waals surface area contributed by atoms with Gasteiger partial charge in [-0.3, -0.25) is 19.1 Å². The molecule has 1 fully saturated rings. The van der Waals surface area contributed by atoms with Crippen molar-refractivity contribution in [3.05, 3.63) is 75.8 Å². The van der Waals surface area contributed by atoms with Crippen LogP contribution in [0.2, 0.25) is 0 Å². The van der Waals surface area contributed by atoms with Gasteiger partial charge in [0.1, 0.15) is 12.4 Å². The maximum Gasteiger partial charge on any atom is 0.261 e. The van der Waals surface area contributed by atoms with Gasteiger partial charge in [0, 0.05) is 13.1 Å². The summed E-state index contributed by atoms with van der Waals surface area (Å²) in [5.41, 5.74) is 2.83. The number of nitrogens with zero attached hydrogens (tertiary/aromatic N) is 3. The normalized spacial score (nSPS) is 15.0. The van der Waals surface area contributed by atoms with E-state index in [9.17, 15) is 9.59 Å². The lowest BCUT2D eigenvalue weighted by Gasteiger charge is -2.19. The Morgan fingerprint density at radius 3 is 2.39 bits per heavy atom. The Hall–Kier alpha value is -2.99. The molecule has 6 nitrogen and oxygen atoms in total. The number of likely N-dealkylation sites (tertiary alicyclic amines) is 1. The van der Waals surface area contributed by atoms with Crippen molar-refractivity contribution < 1.29 is 4.79 Å². The molecule has 0 radical (unpaired) electrons. The number of para-hydroxylation sites is 1. The van der Waals surface area contributed by atoms with E-state index < -0.39 is 0 Å². The minimum Gasteiger partial charge on any atom is -0.350 e. The largest absolute Gasteiger partial charge is 0.350 e. The number of carbonyl (C=O) groups is 1. The van der Waals surface area contributed by atoms with Gasteiger partial charge in [0.05, 0.1) is 10.9 Å². The third-order valence-electron chi connectivity index (χ3n) is 5.97. The zero-order valence-corrected chi connectivity index (χ0v) is 18.1. The molecular weight excluding hydrogens is 388 g/mol. The van der Waals surface area contributed by atoms with Gasteiger partial charge in [-0.15, -0.1) is 0 Å². The van der Waals surface area contributed by atoms with Gasteiger partial charge >= 0.3 is 0 Å². The molecule has 1 saturated heterocycles. The third kappa shape index (κ3) is 5.39. The molecule has 0 unspecified atom stereocenters. The predicted molar refractivity (Wildman–Crippen MR) is 123 cm³/mol. The third-order valence-corrected chi connectivity index (χ3v) is 5.97. The van der Waals surface area contributed by atoms with Gasteiger partial charge in [-0.05, 0) is 56.1 Å². The minimum absolute atomic E-state index is 0.0322. The minimum atomic E-state index is -0.198. The number of hydrogen-bond acceptors (Lipinski definition) is 4. The van der Waals surface area contributed by atoms with Gasteiger partial charge in [0.15, 0.2) is 0 Å². The van der Waals surface area contributed by atoms with E-state index in [1.54, 1.807) is 13.0 Å². The Morgan fingerprint density at radius 2 is 1.65 bits per heavy atom. The first-order valence-corrected chi connectivity index (χ1v) is 11.1. The van der Waals surface area contributed by atoms with E-state index in [0.29, 0.717) is 23.3 Å². The van der Waals surface area contributed by atoms with E-state index in [0.717, 1.165) is 12.1 Å². The average molecular weight is 419 g/mol. The van der Waals surface area contributed by atoms with Crippen molar-refractivity contribution in [2.24, 2.45) is 0 Å². The lowest BCUT2D eigenvalue weighted by molar-refractivity contribution is -0.121. The lowest BCUT2D eigenvalue weighted by atomic mass is 10.1. The molecule has 0 bridgehead atoms. The maximum absolute atomic E-state index is 12.7. The second-order valence-electron chi connectivity index (χ2n) is 8.35. The molecule has 0 saturated carbocycles. The van der Waals surface area contributed by atoms with E-state index in [1.807, 2.05) is 18.2 Å². The van der Waals surface area contributed by atoms with Crippen LogP contribution in [0.5, 0.6) is 0 Å². The summed E-state index contributed by atoms with van der Waals surface area (Å²) in [6.07, 6.45) is 5.27. The smallest absolute Gasteiger partial charge is 0.261 e. The van der Waals surface area contributed by atoms with Gasteiger partial charge in [0.2, 0.25) is 5.91 Å². The molecule has 6 heteroatoms. The van der Waals surface area contributed by atoms with Gasteiger partial charge < -0.3 is 5.32 Å². The van der Waals surface area contributed by atoms with Crippen molar-refractivity contribution in [1.82, 2.24) is 19.8 Å². The van der Waals surface area contributed by atoms with Crippen molar-refractivity contribution in [1.29, 1.82) is 0 Å². The lowest BCUT2D eigenvalue weighted by Crippen LogP contribution is -2.33. The van der Waals surface area contributed by atoms with Crippen LogP contribution in [0.15, 0.2) is 53.3 Å². The number of aromatic nitrogens is 2. The number of carbonyl (C=O) groups excluding carboxylic acids is 1. The fourth-order valence-corrected chi connectivity index (χ4v) is 4.18. The van der Waals surface area contributed by atoms with Crippen molar-refractivity contribution >= 4 is 16.8 Å². The Labute approximate surface area is 182 Å². The highest BCUT2D eigenvalue weighted by atomic mass is 16.2. The molecule has 0 spiro atoms. The van der Waals surface area contributed by atoms with Gasteiger partial charge in [-0.25, -0.2) is 4.98 Å². The summed E-state index contributed by atoms with van der Waals surface area (Å²) in [7, 11) is 0. The second-order valence-corrected chi connectivity index (χ2v) is 8.35. The highest BCUT2D eigenvalue weighted by molar-refractivity contribution is 5.79. The SMILES string of the molecule is Cc1nc2ccccc2c(=O)n1CC(=O)NCc1ccc(CN2CCCCCC2)cc1. The van der Waals surface area contributed by atoms with E-state index in [1.165, 1.54) is 48.9 Å². The first-order valence-electron chi connectivity index (χ1n) is 11.1. The summed E-state index contributed by atoms with van der Waals surface area (Å²) in [5.74, 6) is 0.340. The van der Waals surface area contributed by atoms with E-state index >= 15 is 0 Å². The molecule has 31 heavy (non-hydrogen) atoms. The van der Waals surface area contributed by atoms with Crippen LogP contribution in [0.4, 0.5) is 0 Å². The molecule has 0 atom stereocenters. The quantitative estimate of drug-likeness (QED) is 0.666. The number of rotatable bonds is 6. The van der Waals surface area contributed by atoms with Gasteiger partial charge in [0.25, 0.3) is 5.56 Å². The maximum atomic E-state index is 12.7. The zero-order chi connectivity index (χ0) is 21.6. The van der Waals surface area contributed by atoms with E-state index in [2.05, 4.69) is 39.5 Å². The standard InChI is InChI=1S/C25H30N4O2/c1-19-27-23-9-5-4-8-22(23)25(31)29(19)18-24(30)26-16-20-10-12-21(13-11-20)17-28-14-6-2-3-7-15-28/h4-5,8-13H,2-3,6-7,14-18H2,1H3,(H,26,30). The Balaban J connectivity index is 1.34. The molecule has 1 aliphatic heterocycles. The van der Waals surface area contributed by atoms with Crippen molar-refractivity contribution in [3.63, 3.8) is 0 Å². The monoisotopic (exact) mass is 418 g/mol. The number of aryl methyl sites for hydroxylation is 1. The van der Waals surface area contributed by atoms with Crippen LogP contribution < -0.4 is 10.9 Å². The zero-order valence-electron chi connectivity index (χ0n) is 18.1. The van der Waals surface area contributed by atoms with Crippen LogP contribution in [0.1, 0.15) is 42.6 Å². The molecule has 3 aromatic rings. The van der Waals surface area contributed by atoms with Crippen molar-refractivity contribution in [2.75, 3.05) is 13.1 Å². The van der Waals surface area contributed by atoms with Crippen molar-refractivity contribution in [3.8, 4) is 0 Å². The van der Waals surface area contributed by atoms with E-state index in [4.69, 9.17) is 0 Å². The highest BCUT2D eigenvalue weighted by Gasteiger charge is 2.12. The molecule has 1 N–H and O–H groups in total. The van der Waals surface area contributed by atoms with Gasteiger partial charge in [-0.1, -0.05) is 49.2 Å². The molecular formula is C25H30N4O2.